The Balaban J connectivity index is 2.29. The number of carbonyl (C=O) groups is 1. The van der Waals surface area contributed by atoms with E-state index in [0.717, 1.165) is 21.1 Å². The molecule has 3 nitrogen and oxygen atoms in total. The van der Waals surface area contributed by atoms with Crippen LogP contribution in [0.2, 0.25) is 5.02 Å². The van der Waals surface area contributed by atoms with Crippen LogP contribution in [0.25, 0.3) is 10.6 Å². The molecule has 18 heavy (non-hydrogen) atoms. The summed E-state index contributed by atoms with van der Waals surface area (Å²) in [5.74, 6) is -0.0397. The lowest BCUT2D eigenvalue weighted by atomic mass is 10.2. The van der Waals surface area contributed by atoms with Crippen molar-refractivity contribution in [1.82, 2.24) is 10.3 Å². The summed E-state index contributed by atoms with van der Waals surface area (Å²) in [6.45, 7) is 3.96. The van der Waals surface area contributed by atoms with E-state index in [0.29, 0.717) is 11.6 Å². The number of halogens is 1. The Morgan fingerprint density at radius 2 is 2.17 bits per heavy atom. The first-order valence-electron chi connectivity index (χ1n) is 5.53. The van der Waals surface area contributed by atoms with Crippen LogP contribution in [0.15, 0.2) is 24.3 Å². The van der Waals surface area contributed by atoms with Gasteiger partial charge in [0, 0.05) is 17.4 Å². The summed E-state index contributed by atoms with van der Waals surface area (Å²) < 4.78 is 0. The molecule has 1 N–H and O–H groups in total. The number of aryl methyl sites for hydroxylation is 1. The minimum Gasteiger partial charge on any atom is -0.351 e. The van der Waals surface area contributed by atoms with E-state index in [1.54, 1.807) is 11.3 Å². The van der Waals surface area contributed by atoms with Gasteiger partial charge in [-0.05, 0) is 13.0 Å². The van der Waals surface area contributed by atoms with Crippen LogP contribution in [-0.2, 0) is 11.3 Å². The van der Waals surface area contributed by atoms with Crippen LogP contribution in [0.4, 0.5) is 0 Å². The van der Waals surface area contributed by atoms with Crippen molar-refractivity contribution in [2.24, 2.45) is 0 Å². The summed E-state index contributed by atoms with van der Waals surface area (Å²) in [5, 5.41) is 4.36. The van der Waals surface area contributed by atoms with Crippen molar-refractivity contribution < 1.29 is 4.79 Å². The molecular formula is C13H13ClN2OS. The maximum Gasteiger partial charge on any atom is 0.217 e. The number of amides is 1. The highest BCUT2D eigenvalue weighted by Crippen LogP contribution is 2.32. The van der Waals surface area contributed by atoms with Crippen molar-refractivity contribution in [2.75, 3.05) is 0 Å². The number of nitrogens with zero attached hydrogens (tertiary/aromatic N) is 1. The molecule has 0 bridgehead atoms. The van der Waals surface area contributed by atoms with Crippen molar-refractivity contribution >= 4 is 28.8 Å². The highest BCUT2D eigenvalue weighted by molar-refractivity contribution is 7.15. The number of hydrogen-bond donors (Lipinski definition) is 1. The molecular weight excluding hydrogens is 268 g/mol. The van der Waals surface area contributed by atoms with E-state index in [4.69, 9.17) is 11.6 Å². The number of nitrogens with one attached hydrogen (secondary N) is 1. The lowest BCUT2D eigenvalue weighted by molar-refractivity contribution is -0.119. The van der Waals surface area contributed by atoms with Crippen molar-refractivity contribution in [3.05, 3.63) is 39.9 Å². The van der Waals surface area contributed by atoms with E-state index in [-0.39, 0.29) is 5.91 Å². The molecule has 0 saturated carbocycles. The monoisotopic (exact) mass is 280 g/mol. The molecule has 1 heterocycles. The lowest BCUT2D eigenvalue weighted by Gasteiger charge is -1.99. The first-order chi connectivity index (χ1) is 8.58. The molecule has 94 valence electrons. The van der Waals surface area contributed by atoms with Crippen LogP contribution in [0.5, 0.6) is 0 Å². The zero-order chi connectivity index (χ0) is 13.1. The fourth-order valence-electron chi connectivity index (χ4n) is 1.55. The van der Waals surface area contributed by atoms with Gasteiger partial charge in [-0.3, -0.25) is 4.79 Å². The van der Waals surface area contributed by atoms with E-state index in [2.05, 4.69) is 10.3 Å². The predicted molar refractivity (Wildman–Crippen MR) is 74.8 cm³/mol. The van der Waals surface area contributed by atoms with Crippen molar-refractivity contribution in [2.45, 2.75) is 20.4 Å². The average molecular weight is 281 g/mol. The highest BCUT2D eigenvalue weighted by atomic mass is 35.5. The largest absolute Gasteiger partial charge is 0.351 e. The SMILES string of the molecule is CC(=O)NCc1sc(-c2ccccc2Cl)nc1C. The van der Waals surface area contributed by atoms with Gasteiger partial charge in [-0.15, -0.1) is 11.3 Å². The Morgan fingerprint density at radius 1 is 1.44 bits per heavy atom. The number of thiazole rings is 1. The second-order valence-electron chi connectivity index (χ2n) is 3.92. The van der Waals surface area contributed by atoms with E-state index in [1.165, 1.54) is 6.92 Å². The topological polar surface area (TPSA) is 42.0 Å². The minimum atomic E-state index is -0.0397. The van der Waals surface area contributed by atoms with Gasteiger partial charge in [-0.2, -0.15) is 0 Å². The summed E-state index contributed by atoms with van der Waals surface area (Å²) in [6.07, 6.45) is 0. The Bertz CT molecular complexity index is 580. The highest BCUT2D eigenvalue weighted by Gasteiger charge is 2.11. The molecule has 0 aliphatic rings. The van der Waals surface area contributed by atoms with Gasteiger partial charge in [-0.1, -0.05) is 29.8 Å². The van der Waals surface area contributed by atoms with Crippen molar-refractivity contribution in [3.8, 4) is 10.6 Å². The smallest absolute Gasteiger partial charge is 0.217 e. The van der Waals surface area contributed by atoms with Crippen molar-refractivity contribution in [1.29, 1.82) is 0 Å². The van der Waals surface area contributed by atoms with Gasteiger partial charge in [0.05, 0.1) is 17.3 Å². The zero-order valence-corrected chi connectivity index (χ0v) is 11.7. The van der Waals surface area contributed by atoms with Gasteiger partial charge >= 0.3 is 0 Å². The molecule has 0 aliphatic carbocycles. The van der Waals surface area contributed by atoms with Gasteiger partial charge < -0.3 is 5.32 Å². The molecule has 2 aromatic rings. The van der Waals surface area contributed by atoms with Gasteiger partial charge in [0.1, 0.15) is 5.01 Å². The Kier molecular flexibility index (Phi) is 3.99. The standard InChI is InChI=1S/C13H13ClN2OS/c1-8-12(7-15-9(2)17)18-13(16-8)10-5-3-4-6-11(10)14/h3-6H,7H2,1-2H3,(H,15,17). The molecule has 0 aliphatic heterocycles. The van der Waals surface area contributed by atoms with Crippen LogP contribution in [-0.4, -0.2) is 10.9 Å². The molecule has 1 aromatic carbocycles. The third kappa shape index (κ3) is 2.89. The lowest BCUT2D eigenvalue weighted by Crippen LogP contribution is -2.18. The number of carbonyl (C=O) groups excluding carboxylic acids is 1. The maximum absolute atomic E-state index is 10.9. The molecule has 0 atom stereocenters. The minimum absolute atomic E-state index is 0.0397. The van der Waals surface area contributed by atoms with Crippen LogP contribution < -0.4 is 5.32 Å². The molecule has 1 aromatic heterocycles. The van der Waals surface area contributed by atoms with Gasteiger partial charge in [-0.25, -0.2) is 4.98 Å². The summed E-state index contributed by atoms with van der Waals surface area (Å²) in [5.41, 5.74) is 1.87. The van der Waals surface area contributed by atoms with Gasteiger partial charge in [0.15, 0.2) is 0 Å². The molecule has 0 radical (unpaired) electrons. The number of aromatic nitrogens is 1. The third-order valence-electron chi connectivity index (χ3n) is 2.49. The zero-order valence-electron chi connectivity index (χ0n) is 10.2. The second kappa shape index (κ2) is 5.50. The molecule has 1 amide bonds. The fourth-order valence-corrected chi connectivity index (χ4v) is 2.87. The predicted octanol–water partition coefficient (Wildman–Crippen LogP) is 3.41. The average Bonchev–Trinajstić information content (AvgIpc) is 2.68. The van der Waals surface area contributed by atoms with Crippen LogP contribution in [0.3, 0.4) is 0 Å². The molecule has 5 heteroatoms. The van der Waals surface area contributed by atoms with E-state index >= 15 is 0 Å². The van der Waals surface area contributed by atoms with E-state index < -0.39 is 0 Å². The first-order valence-corrected chi connectivity index (χ1v) is 6.73. The molecule has 2 rings (SSSR count). The van der Waals surface area contributed by atoms with Crippen LogP contribution in [0, 0.1) is 6.92 Å². The van der Waals surface area contributed by atoms with E-state index in [1.807, 2.05) is 31.2 Å². The Morgan fingerprint density at radius 3 is 2.83 bits per heavy atom. The summed E-state index contributed by atoms with van der Waals surface area (Å²) >= 11 is 7.70. The van der Waals surface area contributed by atoms with Gasteiger partial charge in [0.2, 0.25) is 5.91 Å². The molecule has 0 unspecified atom stereocenters. The number of hydrogen-bond acceptors (Lipinski definition) is 3. The summed E-state index contributed by atoms with van der Waals surface area (Å²) in [6, 6.07) is 7.62. The first kappa shape index (κ1) is 13.1. The normalized spacial score (nSPS) is 10.4. The van der Waals surface area contributed by atoms with Gasteiger partial charge in [0.25, 0.3) is 0 Å². The van der Waals surface area contributed by atoms with Crippen LogP contribution >= 0.6 is 22.9 Å². The van der Waals surface area contributed by atoms with Crippen molar-refractivity contribution in [3.63, 3.8) is 0 Å². The Hall–Kier alpha value is -1.39. The second-order valence-corrected chi connectivity index (χ2v) is 5.41. The third-order valence-corrected chi connectivity index (χ3v) is 4.02. The molecule has 0 spiro atoms. The van der Waals surface area contributed by atoms with Crippen LogP contribution in [0.1, 0.15) is 17.5 Å². The summed E-state index contributed by atoms with van der Waals surface area (Å²) in [4.78, 5) is 16.5. The Labute approximate surface area is 115 Å². The number of benzene rings is 1. The maximum atomic E-state index is 10.9. The fraction of sp³-hybridized carbons (Fsp3) is 0.231. The number of rotatable bonds is 3. The molecule has 0 saturated heterocycles. The van der Waals surface area contributed by atoms with E-state index in [9.17, 15) is 4.79 Å². The summed E-state index contributed by atoms with van der Waals surface area (Å²) in [7, 11) is 0. The quantitative estimate of drug-likeness (QED) is 0.936. The molecule has 0 fully saturated rings.